The second kappa shape index (κ2) is 4.64. The zero-order valence-corrected chi connectivity index (χ0v) is 8.73. The monoisotopic (exact) mass is 207 g/mol. The minimum Gasteiger partial charge on any atom is -0.490 e. The van der Waals surface area contributed by atoms with Crippen molar-refractivity contribution in [2.45, 2.75) is 31.5 Å². The maximum absolute atomic E-state index is 9.87. The topological polar surface area (TPSA) is 55.5 Å². The Balaban J connectivity index is 2.12. The SMILES string of the molecule is NCCC(O)c1ccccc1OC1CC1. The number of hydrogen-bond acceptors (Lipinski definition) is 3. The molecule has 1 fully saturated rings. The number of nitrogens with two attached hydrogens (primary N) is 1. The fraction of sp³-hybridized carbons (Fsp3) is 0.500. The minimum absolute atomic E-state index is 0.358. The van der Waals surface area contributed by atoms with Crippen LogP contribution in [0.4, 0.5) is 0 Å². The highest BCUT2D eigenvalue weighted by Crippen LogP contribution is 2.32. The van der Waals surface area contributed by atoms with Crippen LogP contribution >= 0.6 is 0 Å². The molecule has 1 aromatic rings. The molecule has 3 N–H and O–H groups in total. The number of hydrogen-bond donors (Lipinski definition) is 2. The molecule has 82 valence electrons. The van der Waals surface area contributed by atoms with Crippen molar-refractivity contribution < 1.29 is 9.84 Å². The van der Waals surface area contributed by atoms with E-state index in [1.54, 1.807) is 0 Å². The van der Waals surface area contributed by atoms with Crippen LogP contribution in [0.2, 0.25) is 0 Å². The Labute approximate surface area is 89.9 Å². The molecule has 0 spiro atoms. The summed E-state index contributed by atoms with van der Waals surface area (Å²) in [5.74, 6) is 0.806. The Hall–Kier alpha value is -1.06. The van der Waals surface area contributed by atoms with Gasteiger partial charge in [-0.1, -0.05) is 18.2 Å². The first-order valence-corrected chi connectivity index (χ1v) is 5.45. The van der Waals surface area contributed by atoms with Crippen LogP contribution in [0, 0.1) is 0 Å². The van der Waals surface area contributed by atoms with Crippen LogP contribution in [0.25, 0.3) is 0 Å². The predicted octanol–water partition coefficient (Wildman–Crippen LogP) is 1.61. The summed E-state index contributed by atoms with van der Waals surface area (Å²) in [7, 11) is 0. The van der Waals surface area contributed by atoms with Crippen LogP contribution in [-0.4, -0.2) is 17.8 Å². The molecule has 1 unspecified atom stereocenters. The lowest BCUT2D eigenvalue weighted by molar-refractivity contribution is 0.163. The lowest BCUT2D eigenvalue weighted by Crippen LogP contribution is -2.09. The van der Waals surface area contributed by atoms with Crippen LogP contribution in [0.5, 0.6) is 5.75 Å². The average Bonchev–Trinajstić information content (AvgIpc) is 3.03. The molecule has 2 rings (SSSR count). The zero-order chi connectivity index (χ0) is 10.7. The molecule has 0 heterocycles. The van der Waals surface area contributed by atoms with Crippen molar-refractivity contribution in [2.75, 3.05) is 6.54 Å². The first-order chi connectivity index (χ1) is 7.31. The van der Waals surface area contributed by atoms with E-state index in [0.717, 1.165) is 24.2 Å². The van der Waals surface area contributed by atoms with Crippen LogP contribution in [0.1, 0.15) is 30.9 Å². The number of benzene rings is 1. The molecule has 1 aromatic carbocycles. The molecule has 1 saturated carbocycles. The van der Waals surface area contributed by atoms with E-state index in [0.29, 0.717) is 19.1 Å². The Morgan fingerprint density at radius 2 is 2.13 bits per heavy atom. The number of ether oxygens (including phenoxy) is 1. The molecule has 15 heavy (non-hydrogen) atoms. The Bertz CT molecular complexity index is 323. The fourth-order valence-electron chi connectivity index (χ4n) is 1.54. The average molecular weight is 207 g/mol. The first-order valence-electron chi connectivity index (χ1n) is 5.45. The summed E-state index contributed by atoms with van der Waals surface area (Å²) in [6.07, 6.45) is 2.68. The second-order valence-corrected chi connectivity index (χ2v) is 3.95. The lowest BCUT2D eigenvalue weighted by Gasteiger charge is -2.15. The number of para-hydroxylation sites is 1. The van der Waals surface area contributed by atoms with Gasteiger partial charge in [-0.15, -0.1) is 0 Å². The van der Waals surface area contributed by atoms with Gasteiger partial charge >= 0.3 is 0 Å². The van der Waals surface area contributed by atoms with Crippen LogP contribution in [0.3, 0.4) is 0 Å². The van der Waals surface area contributed by atoms with E-state index in [1.165, 1.54) is 0 Å². The van der Waals surface area contributed by atoms with E-state index in [9.17, 15) is 5.11 Å². The van der Waals surface area contributed by atoms with Gasteiger partial charge in [-0.3, -0.25) is 0 Å². The molecule has 3 nitrogen and oxygen atoms in total. The summed E-state index contributed by atoms with van der Waals surface area (Å²) in [6.45, 7) is 0.485. The van der Waals surface area contributed by atoms with Gasteiger partial charge in [-0.2, -0.15) is 0 Å². The molecule has 0 amide bonds. The molecule has 0 radical (unpaired) electrons. The van der Waals surface area contributed by atoms with E-state index < -0.39 is 6.10 Å². The van der Waals surface area contributed by atoms with Gasteiger partial charge in [0.25, 0.3) is 0 Å². The van der Waals surface area contributed by atoms with Crippen molar-refractivity contribution in [2.24, 2.45) is 5.73 Å². The lowest BCUT2D eigenvalue weighted by atomic mass is 10.1. The van der Waals surface area contributed by atoms with Crippen molar-refractivity contribution >= 4 is 0 Å². The largest absolute Gasteiger partial charge is 0.490 e. The molecule has 0 bridgehead atoms. The summed E-state index contributed by atoms with van der Waals surface area (Å²) < 4.78 is 5.72. The van der Waals surface area contributed by atoms with Gasteiger partial charge in [0.05, 0.1) is 12.2 Å². The third-order valence-electron chi connectivity index (χ3n) is 2.54. The summed E-state index contributed by atoms with van der Waals surface area (Å²) in [5, 5.41) is 9.87. The van der Waals surface area contributed by atoms with Gasteiger partial charge in [-0.05, 0) is 31.9 Å². The van der Waals surface area contributed by atoms with Crippen molar-refractivity contribution in [3.8, 4) is 5.75 Å². The molecule has 1 aliphatic carbocycles. The Kier molecular flexibility index (Phi) is 3.23. The normalized spacial score (nSPS) is 17.5. The summed E-state index contributed by atoms with van der Waals surface area (Å²) in [6, 6.07) is 7.65. The maximum atomic E-state index is 9.87. The third-order valence-corrected chi connectivity index (χ3v) is 2.54. The van der Waals surface area contributed by atoms with Crippen molar-refractivity contribution in [1.29, 1.82) is 0 Å². The maximum Gasteiger partial charge on any atom is 0.125 e. The van der Waals surface area contributed by atoms with Crippen LogP contribution in [-0.2, 0) is 0 Å². The number of aliphatic hydroxyl groups excluding tert-OH is 1. The van der Waals surface area contributed by atoms with Crippen LogP contribution in [0.15, 0.2) is 24.3 Å². The molecular formula is C12H17NO2. The second-order valence-electron chi connectivity index (χ2n) is 3.95. The van der Waals surface area contributed by atoms with E-state index in [2.05, 4.69) is 0 Å². The molecule has 3 heteroatoms. The Morgan fingerprint density at radius 3 is 2.80 bits per heavy atom. The Morgan fingerprint density at radius 1 is 1.40 bits per heavy atom. The van der Waals surface area contributed by atoms with E-state index in [4.69, 9.17) is 10.5 Å². The van der Waals surface area contributed by atoms with E-state index in [-0.39, 0.29) is 0 Å². The quantitative estimate of drug-likeness (QED) is 0.771. The van der Waals surface area contributed by atoms with Crippen molar-refractivity contribution in [3.05, 3.63) is 29.8 Å². The molecular weight excluding hydrogens is 190 g/mol. The summed E-state index contributed by atoms with van der Waals surface area (Å²) in [5.41, 5.74) is 6.29. The molecule has 0 aromatic heterocycles. The van der Waals surface area contributed by atoms with Gasteiger partial charge in [0.15, 0.2) is 0 Å². The van der Waals surface area contributed by atoms with E-state index >= 15 is 0 Å². The molecule has 1 aliphatic rings. The fourth-order valence-corrected chi connectivity index (χ4v) is 1.54. The summed E-state index contributed by atoms with van der Waals surface area (Å²) in [4.78, 5) is 0. The standard InChI is InChI=1S/C12H17NO2/c13-8-7-11(14)10-3-1-2-4-12(10)15-9-5-6-9/h1-4,9,11,14H,5-8,13H2. The van der Waals surface area contributed by atoms with Crippen molar-refractivity contribution in [3.63, 3.8) is 0 Å². The van der Waals surface area contributed by atoms with Gasteiger partial charge in [0.1, 0.15) is 5.75 Å². The highest BCUT2D eigenvalue weighted by molar-refractivity contribution is 5.35. The van der Waals surface area contributed by atoms with Gasteiger partial charge in [0.2, 0.25) is 0 Å². The third kappa shape index (κ3) is 2.70. The number of aliphatic hydroxyl groups is 1. The predicted molar refractivity (Wildman–Crippen MR) is 58.7 cm³/mol. The van der Waals surface area contributed by atoms with Crippen LogP contribution < -0.4 is 10.5 Å². The zero-order valence-electron chi connectivity index (χ0n) is 8.73. The molecule has 1 atom stereocenters. The highest BCUT2D eigenvalue weighted by Gasteiger charge is 2.25. The number of rotatable bonds is 5. The van der Waals surface area contributed by atoms with E-state index in [1.807, 2.05) is 24.3 Å². The van der Waals surface area contributed by atoms with Gasteiger partial charge in [0, 0.05) is 5.56 Å². The molecule has 0 saturated heterocycles. The molecule has 0 aliphatic heterocycles. The smallest absolute Gasteiger partial charge is 0.125 e. The summed E-state index contributed by atoms with van der Waals surface area (Å²) >= 11 is 0. The van der Waals surface area contributed by atoms with Crippen molar-refractivity contribution in [1.82, 2.24) is 0 Å². The first kappa shape index (κ1) is 10.5. The highest BCUT2D eigenvalue weighted by atomic mass is 16.5. The van der Waals surface area contributed by atoms with Gasteiger partial charge in [-0.25, -0.2) is 0 Å². The van der Waals surface area contributed by atoms with Gasteiger partial charge < -0.3 is 15.6 Å². The minimum atomic E-state index is -0.509.